The van der Waals surface area contributed by atoms with Crippen molar-refractivity contribution < 1.29 is 4.74 Å². The highest BCUT2D eigenvalue weighted by molar-refractivity contribution is 5.86. The first-order valence-electron chi connectivity index (χ1n) is 15.7. The van der Waals surface area contributed by atoms with Crippen LogP contribution < -0.4 is 9.64 Å². The van der Waals surface area contributed by atoms with Gasteiger partial charge >= 0.3 is 0 Å². The largest absolute Gasteiger partial charge is 0.453 e. The van der Waals surface area contributed by atoms with Crippen LogP contribution in [0.2, 0.25) is 0 Å². The molecule has 7 aromatic rings. The molecule has 0 fully saturated rings. The van der Waals surface area contributed by atoms with E-state index in [1.54, 1.807) is 0 Å². The van der Waals surface area contributed by atoms with Gasteiger partial charge in [0.15, 0.2) is 11.5 Å². The summed E-state index contributed by atoms with van der Waals surface area (Å²) in [5.41, 5.74) is 9.91. The summed E-state index contributed by atoms with van der Waals surface area (Å²) >= 11 is 0. The van der Waals surface area contributed by atoms with E-state index in [0.717, 1.165) is 50.8 Å². The summed E-state index contributed by atoms with van der Waals surface area (Å²) in [6.45, 7) is 0. The lowest BCUT2D eigenvalue weighted by molar-refractivity contribution is 0.477. The average molecular weight is 603 g/mol. The standard InChI is InChI=1S/C44H30N2O/c45-31-32-12-11-13-34(30-32)33-22-24-37(25-23-33)44(35-14-3-1-4-15-35,36-16-5-2-6-17-36)38-26-28-39(29-27-38)46-40-18-7-9-20-42(40)47-43-21-10-8-19-41(43)46/h1-30H. The highest BCUT2D eigenvalue weighted by Crippen LogP contribution is 2.51. The molecular weight excluding hydrogens is 572 g/mol. The molecule has 47 heavy (non-hydrogen) atoms. The Morgan fingerprint density at radius 2 is 0.936 bits per heavy atom. The van der Waals surface area contributed by atoms with Crippen molar-refractivity contribution in [3.05, 3.63) is 210 Å². The number of fused-ring (bicyclic) bond motifs is 2. The molecule has 0 N–H and O–H groups in total. The predicted octanol–water partition coefficient (Wildman–Crippen LogP) is 11.2. The van der Waals surface area contributed by atoms with Gasteiger partial charge in [-0.15, -0.1) is 0 Å². The van der Waals surface area contributed by atoms with Crippen LogP contribution in [0.3, 0.4) is 0 Å². The summed E-state index contributed by atoms with van der Waals surface area (Å²) in [4.78, 5) is 2.27. The van der Waals surface area contributed by atoms with Crippen molar-refractivity contribution in [1.29, 1.82) is 5.26 Å². The lowest BCUT2D eigenvalue weighted by Crippen LogP contribution is -2.31. The summed E-state index contributed by atoms with van der Waals surface area (Å²) in [6, 6.07) is 65.7. The predicted molar refractivity (Wildman–Crippen MR) is 190 cm³/mol. The number of para-hydroxylation sites is 4. The molecule has 0 bridgehead atoms. The van der Waals surface area contributed by atoms with Gasteiger partial charge in [-0.2, -0.15) is 5.26 Å². The Morgan fingerprint density at radius 3 is 1.49 bits per heavy atom. The van der Waals surface area contributed by atoms with Gasteiger partial charge in [0.2, 0.25) is 0 Å². The number of hydrogen-bond donors (Lipinski definition) is 0. The summed E-state index contributed by atoms with van der Waals surface area (Å²) in [5, 5.41) is 9.48. The van der Waals surface area contributed by atoms with E-state index in [9.17, 15) is 5.26 Å². The van der Waals surface area contributed by atoms with Crippen molar-refractivity contribution in [2.75, 3.05) is 4.90 Å². The molecule has 1 heterocycles. The van der Waals surface area contributed by atoms with Crippen molar-refractivity contribution in [3.63, 3.8) is 0 Å². The van der Waals surface area contributed by atoms with Crippen molar-refractivity contribution in [2.24, 2.45) is 0 Å². The molecule has 1 aliphatic heterocycles. The minimum Gasteiger partial charge on any atom is -0.453 e. The van der Waals surface area contributed by atoms with Gasteiger partial charge in [0.05, 0.1) is 28.4 Å². The fourth-order valence-corrected chi connectivity index (χ4v) is 6.90. The third kappa shape index (κ3) is 4.84. The molecule has 3 nitrogen and oxygen atoms in total. The van der Waals surface area contributed by atoms with E-state index in [2.05, 4.69) is 138 Å². The van der Waals surface area contributed by atoms with Crippen molar-refractivity contribution in [2.45, 2.75) is 5.41 Å². The first-order chi connectivity index (χ1) is 23.3. The monoisotopic (exact) mass is 602 g/mol. The second-order valence-electron chi connectivity index (χ2n) is 11.7. The summed E-state index contributed by atoms with van der Waals surface area (Å²) in [5.74, 6) is 1.66. The Bertz CT molecular complexity index is 2130. The average Bonchev–Trinajstić information content (AvgIpc) is 3.16. The van der Waals surface area contributed by atoms with Gasteiger partial charge < -0.3 is 9.64 Å². The SMILES string of the molecule is N#Cc1cccc(-c2ccc(C(c3ccccc3)(c3ccccc3)c3ccc(N4c5ccccc5Oc5ccccc54)cc3)cc2)c1. The maximum atomic E-state index is 9.48. The molecule has 3 heteroatoms. The maximum Gasteiger partial charge on any atom is 0.151 e. The van der Waals surface area contributed by atoms with Crippen molar-refractivity contribution >= 4 is 17.1 Å². The summed E-state index contributed by atoms with van der Waals surface area (Å²) in [7, 11) is 0. The first-order valence-corrected chi connectivity index (χ1v) is 15.7. The van der Waals surface area contributed by atoms with Crippen LogP contribution in [-0.4, -0.2) is 0 Å². The molecular formula is C44H30N2O. The molecule has 7 aromatic carbocycles. The number of hydrogen-bond acceptors (Lipinski definition) is 3. The molecule has 0 saturated heterocycles. The van der Waals surface area contributed by atoms with Gasteiger partial charge in [-0.3, -0.25) is 0 Å². The van der Waals surface area contributed by atoms with Crippen LogP contribution >= 0.6 is 0 Å². The van der Waals surface area contributed by atoms with E-state index < -0.39 is 5.41 Å². The molecule has 0 aromatic heterocycles. The number of benzene rings is 7. The van der Waals surface area contributed by atoms with E-state index in [1.807, 2.05) is 54.6 Å². The van der Waals surface area contributed by atoms with Gasteiger partial charge in [0.1, 0.15) is 0 Å². The fourth-order valence-electron chi connectivity index (χ4n) is 6.90. The van der Waals surface area contributed by atoms with Crippen LogP contribution in [0.15, 0.2) is 182 Å². The highest BCUT2D eigenvalue weighted by Gasteiger charge is 2.38. The quantitative estimate of drug-likeness (QED) is 0.178. The summed E-state index contributed by atoms with van der Waals surface area (Å²) < 4.78 is 6.28. The van der Waals surface area contributed by atoms with Gasteiger partial charge in [0, 0.05) is 5.69 Å². The van der Waals surface area contributed by atoms with Gasteiger partial charge in [-0.25, -0.2) is 0 Å². The third-order valence-electron chi connectivity index (χ3n) is 9.05. The van der Waals surface area contributed by atoms with E-state index in [4.69, 9.17) is 4.74 Å². The molecule has 0 aliphatic carbocycles. The van der Waals surface area contributed by atoms with E-state index in [0.29, 0.717) is 5.56 Å². The van der Waals surface area contributed by atoms with E-state index >= 15 is 0 Å². The van der Waals surface area contributed by atoms with Gasteiger partial charge in [-0.1, -0.05) is 133 Å². The zero-order chi connectivity index (χ0) is 31.6. The lowest BCUT2D eigenvalue weighted by atomic mass is 9.65. The number of rotatable bonds is 6. The fraction of sp³-hybridized carbons (Fsp3) is 0.0227. The maximum absolute atomic E-state index is 9.48. The minimum absolute atomic E-state index is 0.588. The van der Waals surface area contributed by atoms with Crippen molar-refractivity contribution in [3.8, 4) is 28.7 Å². The van der Waals surface area contributed by atoms with Gasteiger partial charge in [-0.05, 0) is 81.9 Å². The lowest BCUT2D eigenvalue weighted by Gasteiger charge is -2.37. The smallest absolute Gasteiger partial charge is 0.151 e. The molecule has 1 aliphatic rings. The minimum atomic E-state index is -0.588. The zero-order valence-electron chi connectivity index (χ0n) is 25.6. The Kier molecular flexibility index (Phi) is 7.09. The molecule has 222 valence electrons. The summed E-state index contributed by atoms with van der Waals surface area (Å²) in [6.07, 6.45) is 0. The molecule has 0 unspecified atom stereocenters. The Hall–Kier alpha value is -6.37. The topological polar surface area (TPSA) is 36.3 Å². The van der Waals surface area contributed by atoms with Crippen LogP contribution in [0, 0.1) is 11.3 Å². The zero-order valence-corrected chi connectivity index (χ0v) is 25.6. The van der Waals surface area contributed by atoms with Crippen LogP contribution in [-0.2, 0) is 5.41 Å². The second kappa shape index (κ2) is 11.9. The third-order valence-corrected chi connectivity index (χ3v) is 9.05. The molecule has 0 amide bonds. The Labute approximate surface area is 275 Å². The van der Waals surface area contributed by atoms with Gasteiger partial charge in [0.25, 0.3) is 0 Å². The molecule has 0 saturated carbocycles. The molecule has 0 atom stereocenters. The van der Waals surface area contributed by atoms with E-state index in [-0.39, 0.29) is 0 Å². The van der Waals surface area contributed by atoms with Crippen LogP contribution in [0.1, 0.15) is 27.8 Å². The molecule has 8 rings (SSSR count). The Balaban J connectivity index is 1.31. The number of nitrogens with zero attached hydrogens (tertiary/aromatic N) is 2. The normalized spacial score (nSPS) is 11.9. The molecule has 0 radical (unpaired) electrons. The highest BCUT2D eigenvalue weighted by atomic mass is 16.5. The van der Waals surface area contributed by atoms with Crippen LogP contribution in [0.5, 0.6) is 11.5 Å². The van der Waals surface area contributed by atoms with Crippen LogP contribution in [0.25, 0.3) is 11.1 Å². The number of anilines is 3. The van der Waals surface area contributed by atoms with Crippen LogP contribution in [0.4, 0.5) is 17.1 Å². The number of nitriles is 1. The first kappa shape index (κ1) is 28.1. The number of ether oxygens (including phenoxy) is 1. The molecule has 0 spiro atoms. The van der Waals surface area contributed by atoms with E-state index in [1.165, 1.54) is 11.1 Å². The van der Waals surface area contributed by atoms with Crippen molar-refractivity contribution in [1.82, 2.24) is 0 Å². The Morgan fingerprint density at radius 1 is 0.447 bits per heavy atom. The second-order valence-corrected chi connectivity index (χ2v) is 11.7.